The van der Waals surface area contributed by atoms with Crippen LogP contribution >= 0.6 is 0 Å². The largest absolute Gasteiger partial charge is 0.507 e. The molecule has 1 aromatic heterocycles. The van der Waals surface area contributed by atoms with Crippen LogP contribution in [0, 0.1) is 6.92 Å². The Kier molecular flexibility index (Phi) is 2.87. The number of phenols is 1. The molecule has 0 radical (unpaired) electrons. The summed E-state index contributed by atoms with van der Waals surface area (Å²) in [6, 6.07) is 12.8. The summed E-state index contributed by atoms with van der Waals surface area (Å²) in [5, 5.41) is 16.9. The van der Waals surface area contributed by atoms with Gasteiger partial charge in [-0.25, -0.2) is 4.98 Å². The fourth-order valence-corrected chi connectivity index (χ4v) is 1.96. The van der Waals surface area contributed by atoms with Crippen LogP contribution in [0.2, 0.25) is 0 Å². The van der Waals surface area contributed by atoms with E-state index in [1.165, 1.54) is 5.56 Å². The average molecular weight is 266 g/mol. The third-order valence-corrected chi connectivity index (χ3v) is 3.07. The monoisotopic (exact) mass is 266 g/mol. The molecular weight excluding hydrogens is 252 g/mol. The highest BCUT2D eigenvalue weighted by Gasteiger charge is 2.11. The fraction of sp³-hybridized carbons (Fsp3) is 0.0667. The van der Waals surface area contributed by atoms with Crippen molar-refractivity contribution < 1.29 is 5.11 Å². The third-order valence-electron chi connectivity index (χ3n) is 3.07. The number of benzene rings is 2. The van der Waals surface area contributed by atoms with E-state index in [4.69, 9.17) is 5.73 Å². The van der Waals surface area contributed by atoms with Crippen LogP contribution in [0.3, 0.4) is 0 Å². The smallest absolute Gasteiger partial charge is 0.181 e. The van der Waals surface area contributed by atoms with Gasteiger partial charge in [0.25, 0.3) is 0 Å². The molecule has 0 saturated carbocycles. The molecule has 0 amide bonds. The first-order valence-electron chi connectivity index (χ1n) is 6.22. The van der Waals surface area contributed by atoms with Crippen LogP contribution < -0.4 is 5.73 Å². The topological polar surface area (TPSA) is 87.8 Å². The molecule has 3 rings (SSSR count). The van der Waals surface area contributed by atoms with Gasteiger partial charge in [-0.2, -0.15) is 5.10 Å². The summed E-state index contributed by atoms with van der Waals surface area (Å²) in [5.41, 5.74) is 8.92. The van der Waals surface area contributed by atoms with Crippen molar-refractivity contribution in [2.24, 2.45) is 0 Å². The number of hydrogen-bond acceptors (Lipinski definition) is 4. The molecule has 5 nitrogen and oxygen atoms in total. The molecule has 0 spiro atoms. The fourth-order valence-electron chi connectivity index (χ4n) is 1.96. The molecule has 0 aliphatic carbocycles. The lowest BCUT2D eigenvalue weighted by Gasteiger charge is -2.01. The lowest BCUT2D eigenvalue weighted by molar-refractivity contribution is 0.477. The summed E-state index contributed by atoms with van der Waals surface area (Å²) in [6.07, 6.45) is 0. The van der Waals surface area contributed by atoms with Gasteiger partial charge in [-0.1, -0.05) is 29.8 Å². The van der Waals surface area contributed by atoms with E-state index >= 15 is 0 Å². The van der Waals surface area contributed by atoms with E-state index in [1.54, 1.807) is 18.2 Å². The number of aromatic hydroxyl groups is 1. The number of aromatic amines is 1. The molecular formula is C15H14N4O. The second-order valence-corrected chi connectivity index (χ2v) is 4.65. The number of phenolic OH excluding ortho intramolecular Hbond substituents is 1. The van der Waals surface area contributed by atoms with Gasteiger partial charge < -0.3 is 10.8 Å². The lowest BCUT2D eigenvalue weighted by atomic mass is 10.1. The molecule has 100 valence electrons. The third kappa shape index (κ3) is 2.21. The highest BCUT2D eigenvalue weighted by atomic mass is 16.3. The van der Waals surface area contributed by atoms with Crippen molar-refractivity contribution in [1.29, 1.82) is 0 Å². The van der Waals surface area contributed by atoms with Crippen LogP contribution in [-0.2, 0) is 0 Å². The Morgan fingerprint density at radius 1 is 1.10 bits per heavy atom. The number of H-pyrrole nitrogens is 1. The van der Waals surface area contributed by atoms with Gasteiger partial charge in [-0.3, -0.25) is 5.10 Å². The number of nitrogens with zero attached hydrogens (tertiary/aromatic N) is 2. The van der Waals surface area contributed by atoms with Crippen molar-refractivity contribution in [2.45, 2.75) is 6.92 Å². The van der Waals surface area contributed by atoms with E-state index < -0.39 is 0 Å². The quantitative estimate of drug-likeness (QED) is 0.491. The molecule has 0 atom stereocenters. The molecule has 1 heterocycles. The number of aromatic nitrogens is 3. The lowest BCUT2D eigenvalue weighted by Crippen LogP contribution is -1.87. The molecule has 3 aromatic rings. The van der Waals surface area contributed by atoms with E-state index in [1.807, 2.05) is 31.2 Å². The molecule has 0 saturated heterocycles. The van der Waals surface area contributed by atoms with E-state index in [2.05, 4.69) is 15.2 Å². The number of nitrogen functional groups attached to an aromatic ring is 1. The minimum Gasteiger partial charge on any atom is -0.507 e. The van der Waals surface area contributed by atoms with E-state index in [0.29, 0.717) is 22.9 Å². The van der Waals surface area contributed by atoms with E-state index in [0.717, 1.165) is 5.56 Å². The normalized spacial score (nSPS) is 10.7. The minimum atomic E-state index is 0.116. The van der Waals surface area contributed by atoms with Gasteiger partial charge in [0.15, 0.2) is 11.6 Å². The molecule has 0 bridgehead atoms. The van der Waals surface area contributed by atoms with Gasteiger partial charge in [-0.15, -0.1) is 0 Å². The van der Waals surface area contributed by atoms with Gasteiger partial charge in [-0.05, 0) is 25.1 Å². The van der Waals surface area contributed by atoms with Gasteiger partial charge in [0, 0.05) is 11.3 Å². The van der Waals surface area contributed by atoms with Crippen molar-refractivity contribution in [1.82, 2.24) is 15.2 Å². The Hall–Kier alpha value is -2.82. The van der Waals surface area contributed by atoms with Crippen LogP contribution in [0.15, 0.2) is 42.5 Å². The molecule has 0 unspecified atom stereocenters. The van der Waals surface area contributed by atoms with E-state index in [9.17, 15) is 5.11 Å². The van der Waals surface area contributed by atoms with Gasteiger partial charge >= 0.3 is 0 Å². The van der Waals surface area contributed by atoms with Crippen molar-refractivity contribution in [3.8, 4) is 28.5 Å². The Morgan fingerprint density at radius 3 is 2.60 bits per heavy atom. The van der Waals surface area contributed by atoms with Crippen LogP contribution in [0.4, 0.5) is 5.69 Å². The Bertz CT molecular complexity index is 747. The van der Waals surface area contributed by atoms with Gasteiger partial charge in [0.1, 0.15) is 5.75 Å². The second-order valence-electron chi connectivity index (χ2n) is 4.65. The van der Waals surface area contributed by atoms with Crippen molar-refractivity contribution in [3.05, 3.63) is 48.0 Å². The molecule has 0 aliphatic rings. The zero-order valence-corrected chi connectivity index (χ0v) is 11.0. The first kappa shape index (κ1) is 12.2. The van der Waals surface area contributed by atoms with Gasteiger partial charge in [0.2, 0.25) is 0 Å². The molecule has 0 fully saturated rings. The van der Waals surface area contributed by atoms with Crippen LogP contribution in [0.25, 0.3) is 22.8 Å². The van der Waals surface area contributed by atoms with Gasteiger partial charge in [0.05, 0.1) is 5.56 Å². The predicted octanol–water partition coefficient (Wildman–Crippen LogP) is 2.73. The molecule has 20 heavy (non-hydrogen) atoms. The Balaban J connectivity index is 2.01. The van der Waals surface area contributed by atoms with Crippen molar-refractivity contribution >= 4 is 5.69 Å². The Morgan fingerprint density at radius 2 is 1.85 bits per heavy atom. The summed E-state index contributed by atoms with van der Waals surface area (Å²) >= 11 is 0. The first-order chi connectivity index (χ1) is 9.63. The zero-order chi connectivity index (χ0) is 14.1. The van der Waals surface area contributed by atoms with E-state index in [-0.39, 0.29) is 5.75 Å². The zero-order valence-electron chi connectivity index (χ0n) is 11.0. The van der Waals surface area contributed by atoms with Crippen LogP contribution in [0.1, 0.15) is 5.56 Å². The maximum absolute atomic E-state index is 9.86. The first-order valence-corrected chi connectivity index (χ1v) is 6.22. The minimum absolute atomic E-state index is 0.116. The molecule has 4 N–H and O–H groups in total. The van der Waals surface area contributed by atoms with Crippen molar-refractivity contribution in [2.75, 3.05) is 5.73 Å². The average Bonchev–Trinajstić information content (AvgIpc) is 2.92. The predicted molar refractivity (Wildman–Crippen MR) is 78.1 cm³/mol. The number of aryl methyl sites for hydroxylation is 1. The highest BCUT2D eigenvalue weighted by Crippen LogP contribution is 2.29. The molecule has 5 heteroatoms. The SMILES string of the molecule is Cc1ccc(-c2n[nH]c(-c3cc(N)ccc3O)n2)cc1. The molecule has 0 aliphatic heterocycles. The number of nitrogens with one attached hydrogen (secondary N) is 1. The molecule has 2 aromatic carbocycles. The second kappa shape index (κ2) is 4.70. The summed E-state index contributed by atoms with van der Waals surface area (Å²) in [6.45, 7) is 2.03. The number of anilines is 1. The number of rotatable bonds is 2. The maximum atomic E-state index is 9.86. The summed E-state index contributed by atoms with van der Waals surface area (Å²) < 4.78 is 0. The van der Waals surface area contributed by atoms with Crippen LogP contribution in [-0.4, -0.2) is 20.3 Å². The van der Waals surface area contributed by atoms with Crippen molar-refractivity contribution in [3.63, 3.8) is 0 Å². The standard InChI is InChI=1S/C15H14N4O/c1-9-2-4-10(5-3-9)14-17-15(19-18-14)12-8-11(16)6-7-13(12)20/h2-8,20H,16H2,1H3,(H,17,18,19). The summed E-state index contributed by atoms with van der Waals surface area (Å²) in [4.78, 5) is 4.40. The highest BCUT2D eigenvalue weighted by molar-refractivity contribution is 5.70. The number of nitrogens with two attached hydrogens (primary N) is 1. The summed E-state index contributed by atoms with van der Waals surface area (Å²) in [5.74, 6) is 1.19. The maximum Gasteiger partial charge on any atom is 0.181 e. The van der Waals surface area contributed by atoms with Crippen LogP contribution in [0.5, 0.6) is 5.75 Å². The Labute approximate surface area is 116 Å². The number of hydrogen-bond donors (Lipinski definition) is 3. The summed E-state index contributed by atoms with van der Waals surface area (Å²) in [7, 11) is 0.